The van der Waals surface area contributed by atoms with Crippen molar-refractivity contribution in [2.24, 2.45) is 0 Å². The summed E-state index contributed by atoms with van der Waals surface area (Å²) >= 11 is 0. The van der Waals surface area contributed by atoms with E-state index in [1.54, 1.807) is 20.8 Å². The summed E-state index contributed by atoms with van der Waals surface area (Å²) in [5, 5.41) is 22.4. The molecule has 0 aliphatic carbocycles. The molecule has 0 heterocycles. The van der Waals surface area contributed by atoms with E-state index in [4.69, 9.17) is 9.47 Å². The van der Waals surface area contributed by atoms with Gasteiger partial charge in [0, 0.05) is 6.54 Å². The van der Waals surface area contributed by atoms with Crippen LogP contribution in [0.25, 0.3) is 0 Å². The molecule has 3 N–H and O–H groups in total. The molecule has 0 radical (unpaired) electrons. The molecule has 6 nitrogen and oxygen atoms in total. The molecule has 23 heavy (non-hydrogen) atoms. The van der Waals surface area contributed by atoms with Gasteiger partial charge in [-0.25, -0.2) is 9.18 Å². The van der Waals surface area contributed by atoms with Crippen molar-refractivity contribution >= 4 is 6.09 Å². The van der Waals surface area contributed by atoms with Crippen molar-refractivity contribution in [1.29, 1.82) is 0 Å². The molecule has 1 aromatic rings. The maximum atomic E-state index is 13.6. The first-order valence-electron chi connectivity index (χ1n) is 7.30. The summed E-state index contributed by atoms with van der Waals surface area (Å²) in [6.07, 6.45) is -2.93. The number of carbonyl (C=O) groups is 1. The van der Waals surface area contributed by atoms with Crippen LogP contribution in [-0.4, -0.2) is 41.7 Å². The van der Waals surface area contributed by atoms with Gasteiger partial charge in [0.05, 0.1) is 13.2 Å². The van der Waals surface area contributed by atoms with Crippen LogP contribution in [0.15, 0.2) is 18.2 Å². The monoisotopic (exact) mass is 329 g/mol. The van der Waals surface area contributed by atoms with Gasteiger partial charge in [-0.15, -0.1) is 0 Å². The predicted octanol–water partition coefficient (Wildman–Crippen LogP) is 2.14. The summed E-state index contributed by atoms with van der Waals surface area (Å²) in [4.78, 5) is 11.5. The van der Waals surface area contributed by atoms with E-state index >= 15 is 0 Å². The number of ether oxygens (including phenoxy) is 2. The van der Waals surface area contributed by atoms with Crippen LogP contribution >= 0.6 is 0 Å². The molecule has 0 saturated heterocycles. The quantitative estimate of drug-likeness (QED) is 0.744. The number of aliphatic hydroxyl groups excluding tert-OH is 2. The number of carbonyl (C=O) groups excluding carboxylic acids is 1. The summed E-state index contributed by atoms with van der Waals surface area (Å²) in [5.41, 5.74) is -0.379. The highest BCUT2D eigenvalue weighted by atomic mass is 19.1. The SMILES string of the molecule is COc1ccc(C(O)C(O)CCNC(=O)OC(C)(C)C)cc1F. The zero-order chi connectivity index (χ0) is 17.6. The first kappa shape index (κ1) is 19.2. The number of hydrogen-bond acceptors (Lipinski definition) is 5. The highest BCUT2D eigenvalue weighted by molar-refractivity contribution is 5.67. The third-order valence-corrected chi connectivity index (χ3v) is 2.99. The third kappa shape index (κ3) is 6.42. The molecule has 1 amide bonds. The maximum Gasteiger partial charge on any atom is 0.407 e. The van der Waals surface area contributed by atoms with Crippen LogP contribution in [0.2, 0.25) is 0 Å². The van der Waals surface area contributed by atoms with Crippen molar-refractivity contribution in [2.45, 2.75) is 45.0 Å². The normalized spacial score (nSPS) is 14.0. The molecule has 7 heteroatoms. The van der Waals surface area contributed by atoms with Gasteiger partial charge in [0.2, 0.25) is 0 Å². The van der Waals surface area contributed by atoms with E-state index in [1.165, 1.54) is 19.2 Å². The standard InChI is InChI=1S/C16H24FNO5/c1-16(2,3)23-15(21)18-8-7-12(19)14(20)10-5-6-13(22-4)11(17)9-10/h5-6,9,12,14,19-20H,7-8H2,1-4H3,(H,18,21). The van der Waals surface area contributed by atoms with Crippen molar-refractivity contribution in [3.05, 3.63) is 29.6 Å². The zero-order valence-electron chi connectivity index (χ0n) is 13.8. The van der Waals surface area contributed by atoms with Gasteiger partial charge in [-0.05, 0) is 44.9 Å². The second kappa shape index (κ2) is 8.12. The Morgan fingerprint density at radius 3 is 2.52 bits per heavy atom. The zero-order valence-corrected chi connectivity index (χ0v) is 13.8. The lowest BCUT2D eigenvalue weighted by Gasteiger charge is -2.21. The van der Waals surface area contributed by atoms with E-state index in [0.717, 1.165) is 6.07 Å². The summed E-state index contributed by atoms with van der Waals surface area (Å²) < 4.78 is 23.4. The summed E-state index contributed by atoms with van der Waals surface area (Å²) in [6, 6.07) is 3.95. The molecule has 2 unspecified atom stereocenters. The summed E-state index contributed by atoms with van der Waals surface area (Å²) in [5.74, 6) is -0.565. The van der Waals surface area contributed by atoms with E-state index < -0.39 is 29.7 Å². The van der Waals surface area contributed by atoms with Gasteiger partial charge in [-0.1, -0.05) is 6.07 Å². The number of methoxy groups -OCH3 is 1. The van der Waals surface area contributed by atoms with Crippen LogP contribution in [0.3, 0.4) is 0 Å². The molecule has 0 aliphatic heterocycles. The summed E-state index contributed by atoms with van der Waals surface area (Å²) in [6.45, 7) is 5.34. The topological polar surface area (TPSA) is 88.0 Å². The Labute approximate surface area is 135 Å². The van der Waals surface area contributed by atoms with Crippen molar-refractivity contribution in [1.82, 2.24) is 5.32 Å². The van der Waals surface area contributed by atoms with Gasteiger partial charge >= 0.3 is 6.09 Å². The second-order valence-electron chi connectivity index (χ2n) is 6.12. The number of alkyl carbamates (subject to hydrolysis) is 1. The lowest BCUT2D eigenvalue weighted by Crippen LogP contribution is -2.34. The lowest BCUT2D eigenvalue weighted by atomic mass is 10.0. The van der Waals surface area contributed by atoms with E-state index in [9.17, 15) is 19.4 Å². The lowest BCUT2D eigenvalue weighted by molar-refractivity contribution is 0.0121. The molecular formula is C16H24FNO5. The Hall–Kier alpha value is -1.86. The summed E-state index contributed by atoms with van der Waals surface area (Å²) in [7, 11) is 1.34. The molecule has 0 aromatic heterocycles. The van der Waals surface area contributed by atoms with Gasteiger partial charge in [-0.3, -0.25) is 0 Å². The fourth-order valence-corrected chi connectivity index (χ4v) is 1.88. The van der Waals surface area contributed by atoms with Crippen LogP contribution in [0.4, 0.5) is 9.18 Å². The molecule has 0 saturated carbocycles. The number of nitrogens with one attached hydrogen (secondary N) is 1. The number of benzene rings is 1. The Kier molecular flexibility index (Phi) is 6.78. The van der Waals surface area contributed by atoms with Crippen LogP contribution in [0.5, 0.6) is 5.75 Å². The molecule has 0 bridgehead atoms. The largest absolute Gasteiger partial charge is 0.494 e. The molecule has 0 aliphatic rings. The average molecular weight is 329 g/mol. The molecular weight excluding hydrogens is 305 g/mol. The van der Waals surface area contributed by atoms with Gasteiger partial charge in [0.25, 0.3) is 0 Å². The highest BCUT2D eigenvalue weighted by Crippen LogP contribution is 2.24. The van der Waals surface area contributed by atoms with Crippen molar-refractivity contribution < 1.29 is 28.9 Å². The first-order chi connectivity index (χ1) is 10.6. The molecule has 1 aromatic carbocycles. The van der Waals surface area contributed by atoms with E-state index in [-0.39, 0.29) is 24.3 Å². The second-order valence-corrected chi connectivity index (χ2v) is 6.12. The molecule has 1 rings (SSSR count). The van der Waals surface area contributed by atoms with Gasteiger partial charge in [0.1, 0.15) is 11.7 Å². The molecule has 2 atom stereocenters. The Morgan fingerprint density at radius 1 is 1.35 bits per heavy atom. The molecule has 0 spiro atoms. The molecule has 0 fully saturated rings. The minimum atomic E-state index is -1.27. The van der Waals surface area contributed by atoms with Crippen molar-refractivity contribution in [3.8, 4) is 5.75 Å². The number of amides is 1. The highest BCUT2D eigenvalue weighted by Gasteiger charge is 2.21. The predicted molar refractivity (Wildman–Crippen MR) is 82.8 cm³/mol. The smallest absolute Gasteiger partial charge is 0.407 e. The Morgan fingerprint density at radius 2 is 2.00 bits per heavy atom. The maximum absolute atomic E-state index is 13.6. The Bertz CT molecular complexity index is 530. The first-order valence-corrected chi connectivity index (χ1v) is 7.30. The van der Waals surface area contributed by atoms with E-state index in [2.05, 4.69) is 5.32 Å². The average Bonchev–Trinajstić information content (AvgIpc) is 2.44. The van der Waals surface area contributed by atoms with Crippen LogP contribution < -0.4 is 10.1 Å². The van der Waals surface area contributed by atoms with Crippen LogP contribution in [-0.2, 0) is 4.74 Å². The fourth-order valence-electron chi connectivity index (χ4n) is 1.88. The fraction of sp³-hybridized carbons (Fsp3) is 0.562. The van der Waals surface area contributed by atoms with Crippen molar-refractivity contribution in [2.75, 3.05) is 13.7 Å². The van der Waals surface area contributed by atoms with Crippen LogP contribution in [0.1, 0.15) is 38.9 Å². The van der Waals surface area contributed by atoms with E-state index in [0.29, 0.717) is 0 Å². The number of halogens is 1. The van der Waals surface area contributed by atoms with Gasteiger partial charge < -0.3 is 25.0 Å². The third-order valence-electron chi connectivity index (χ3n) is 2.99. The minimum absolute atomic E-state index is 0.0574. The van der Waals surface area contributed by atoms with Crippen molar-refractivity contribution in [3.63, 3.8) is 0 Å². The Balaban J connectivity index is 2.49. The molecule has 130 valence electrons. The minimum Gasteiger partial charge on any atom is -0.494 e. The van der Waals surface area contributed by atoms with Crippen LogP contribution in [0, 0.1) is 5.82 Å². The number of aliphatic hydroxyl groups is 2. The van der Waals surface area contributed by atoms with Gasteiger partial charge in [0.15, 0.2) is 11.6 Å². The number of hydrogen-bond donors (Lipinski definition) is 3. The van der Waals surface area contributed by atoms with Gasteiger partial charge in [-0.2, -0.15) is 0 Å². The number of rotatable bonds is 6. The van der Waals surface area contributed by atoms with E-state index in [1.807, 2.05) is 0 Å².